The minimum Gasteiger partial charge on any atom is -0.457 e. The number of aryl methyl sites for hydroxylation is 3. The molecule has 4 nitrogen and oxygen atoms in total. The second-order valence-electron chi connectivity index (χ2n) is 13.6. The van der Waals surface area contributed by atoms with Gasteiger partial charge in [0.15, 0.2) is 0 Å². The number of para-hydroxylation sites is 2. The van der Waals surface area contributed by atoms with Crippen molar-refractivity contribution in [1.82, 2.24) is 4.57 Å². The van der Waals surface area contributed by atoms with Crippen molar-refractivity contribution in [3.8, 4) is 11.5 Å². The third kappa shape index (κ3) is 3.87. The molecule has 5 heteroatoms. The quantitative estimate of drug-likeness (QED) is 0.185. The summed E-state index contributed by atoms with van der Waals surface area (Å²) in [6.45, 7) is 11.5. The van der Waals surface area contributed by atoms with E-state index in [0.717, 1.165) is 56.0 Å². The third-order valence-corrected chi connectivity index (χ3v) is 11.8. The van der Waals surface area contributed by atoms with E-state index in [1.807, 2.05) is 13.2 Å². The second-order valence-corrected chi connectivity index (χ2v) is 18.7. The molecule has 6 aromatic rings. The normalized spacial score (nSPS) is 14.4. The molecule has 0 saturated heterocycles. The molecule has 2 aliphatic heterocycles. The molecule has 8 rings (SSSR count). The van der Waals surface area contributed by atoms with Crippen molar-refractivity contribution in [2.45, 2.75) is 38.9 Å². The number of nitrogens with zero attached hydrogens (tertiary/aromatic N) is 2. The summed E-state index contributed by atoms with van der Waals surface area (Å²) < 4.78 is 8.30. The highest BCUT2D eigenvalue weighted by Gasteiger charge is 2.51. The molecule has 222 valence electrons. The fourth-order valence-corrected chi connectivity index (χ4v) is 8.73. The topological polar surface area (TPSA) is 34.5 Å². The SMILES string of the molecule is Cc1ccc2c(c1)C1(c3ccccc3Oc3ccccc31)c1cc([Si](C)(C)C)ccc1N2c1ccc2c(C)cn(C)c(=O)c2c1. The molecule has 0 amide bonds. The van der Waals surface area contributed by atoms with Crippen molar-refractivity contribution in [3.63, 3.8) is 0 Å². The van der Waals surface area contributed by atoms with Crippen LogP contribution in [0.3, 0.4) is 0 Å². The lowest BCUT2D eigenvalue weighted by molar-refractivity contribution is 0.434. The Morgan fingerprint density at radius 3 is 1.96 bits per heavy atom. The Bertz CT molecular complexity index is 2210. The summed E-state index contributed by atoms with van der Waals surface area (Å²) in [4.78, 5) is 15.8. The fourth-order valence-electron chi connectivity index (χ4n) is 7.57. The standard InChI is InChI=1S/C40H36N2O2Si/c1-25-15-19-35-33(21-25)40(31-11-7-9-13-37(31)44-38-14-10-8-12-32(38)40)34-23-28(45(4,5)6)17-20-36(34)42(35)27-16-18-29-26(2)24-41(3)39(43)30(29)22-27/h7-24H,1-6H3. The van der Waals surface area contributed by atoms with Crippen LogP contribution in [-0.4, -0.2) is 12.6 Å². The Kier molecular flexibility index (Phi) is 5.88. The van der Waals surface area contributed by atoms with Gasteiger partial charge in [-0.3, -0.25) is 4.79 Å². The van der Waals surface area contributed by atoms with Crippen LogP contribution in [0.4, 0.5) is 17.1 Å². The number of benzene rings is 5. The van der Waals surface area contributed by atoms with Crippen LogP contribution in [0.25, 0.3) is 10.8 Å². The number of ether oxygens (including phenoxy) is 1. The molecule has 0 N–H and O–H groups in total. The average Bonchev–Trinajstić information content (AvgIpc) is 3.03. The molecule has 0 saturated carbocycles. The molecule has 0 aliphatic carbocycles. The smallest absolute Gasteiger partial charge is 0.258 e. The molecule has 0 atom stereocenters. The molecule has 45 heavy (non-hydrogen) atoms. The third-order valence-electron chi connectivity index (χ3n) is 9.73. The van der Waals surface area contributed by atoms with Gasteiger partial charge in [-0.2, -0.15) is 0 Å². The van der Waals surface area contributed by atoms with E-state index in [1.165, 1.54) is 21.9 Å². The molecule has 1 spiro atoms. The van der Waals surface area contributed by atoms with Gasteiger partial charge in [0.25, 0.3) is 5.56 Å². The van der Waals surface area contributed by atoms with Crippen LogP contribution >= 0.6 is 0 Å². The molecule has 0 bridgehead atoms. The first-order chi connectivity index (χ1) is 21.6. The Morgan fingerprint density at radius 1 is 0.667 bits per heavy atom. The molecule has 2 aliphatic rings. The van der Waals surface area contributed by atoms with E-state index in [0.29, 0.717) is 0 Å². The van der Waals surface area contributed by atoms with Gasteiger partial charge in [-0.15, -0.1) is 0 Å². The highest BCUT2D eigenvalue weighted by Crippen LogP contribution is 2.62. The first kappa shape index (κ1) is 27.7. The van der Waals surface area contributed by atoms with Crippen molar-refractivity contribution in [3.05, 3.63) is 153 Å². The van der Waals surface area contributed by atoms with Crippen molar-refractivity contribution in [1.29, 1.82) is 0 Å². The van der Waals surface area contributed by atoms with Crippen LogP contribution in [-0.2, 0) is 12.5 Å². The maximum absolute atomic E-state index is 13.5. The van der Waals surface area contributed by atoms with Crippen molar-refractivity contribution < 1.29 is 4.74 Å². The molecule has 0 radical (unpaired) electrons. The number of rotatable bonds is 2. The molecule has 3 heterocycles. The van der Waals surface area contributed by atoms with E-state index in [-0.39, 0.29) is 5.56 Å². The van der Waals surface area contributed by atoms with Gasteiger partial charge in [0.2, 0.25) is 0 Å². The van der Waals surface area contributed by atoms with Crippen LogP contribution in [0.2, 0.25) is 19.6 Å². The summed E-state index contributed by atoms with van der Waals surface area (Å²) in [7, 11) is 0.121. The highest BCUT2D eigenvalue weighted by atomic mass is 28.3. The summed E-state index contributed by atoms with van der Waals surface area (Å²) in [6, 6.07) is 37.3. The maximum atomic E-state index is 13.5. The first-order valence-electron chi connectivity index (χ1n) is 15.6. The number of hydrogen-bond acceptors (Lipinski definition) is 3. The van der Waals surface area contributed by atoms with E-state index in [4.69, 9.17) is 4.74 Å². The zero-order valence-electron chi connectivity index (χ0n) is 26.6. The predicted octanol–water partition coefficient (Wildman–Crippen LogP) is 8.97. The Labute approximate surface area is 265 Å². The number of anilines is 3. The van der Waals surface area contributed by atoms with Gasteiger partial charge >= 0.3 is 0 Å². The minimum atomic E-state index is -1.71. The molecule has 0 unspecified atom stereocenters. The van der Waals surface area contributed by atoms with Crippen LogP contribution in [0.1, 0.15) is 33.4 Å². The molecular formula is C40H36N2O2Si. The zero-order valence-corrected chi connectivity index (χ0v) is 27.6. The van der Waals surface area contributed by atoms with E-state index >= 15 is 0 Å². The number of aromatic nitrogens is 1. The highest BCUT2D eigenvalue weighted by molar-refractivity contribution is 6.88. The second kappa shape index (κ2) is 9.56. The average molecular weight is 605 g/mol. The monoisotopic (exact) mass is 604 g/mol. The summed E-state index contributed by atoms with van der Waals surface area (Å²) >= 11 is 0. The van der Waals surface area contributed by atoms with Crippen molar-refractivity contribution in [2.75, 3.05) is 4.90 Å². The van der Waals surface area contributed by atoms with Crippen molar-refractivity contribution in [2.24, 2.45) is 7.05 Å². The van der Waals surface area contributed by atoms with Gasteiger partial charge in [0.05, 0.1) is 24.9 Å². The summed E-state index contributed by atoms with van der Waals surface area (Å²) in [5.41, 5.74) is 9.62. The largest absolute Gasteiger partial charge is 0.457 e. The molecule has 1 aromatic heterocycles. The number of hydrogen-bond donors (Lipinski definition) is 0. The lowest BCUT2D eigenvalue weighted by atomic mass is 9.61. The Balaban J connectivity index is 1.54. The van der Waals surface area contributed by atoms with Crippen LogP contribution in [0, 0.1) is 13.8 Å². The van der Waals surface area contributed by atoms with E-state index in [1.54, 1.807) is 4.57 Å². The zero-order chi connectivity index (χ0) is 31.2. The molecule has 5 aromatic carbocycles. The Morgan fingerprint density at radius 2 is 1.29 bits per heavy atom. The van der Waals surface area contributed by atoms with Crippen LogP contribution in [0.15, 0.2) is 114 Å². The van der Waals surface area contributed by atoms with Gasteiger partial charge in [0, 0.05) is 35.4 Å². The van der Waals surface area contributed by atoms with Gasteiger partial charge in [0.1, 0.15) is 11.5 Å². The van der Waals surface area contributed by atoms with E-state index < -0.39 is 13.5 Å². The van der Waals surface area contributed by atoms with Gasteiger partial charge < -0.3 is 14.2 Å². The molecular weight excluding hydrogens is 569 g/mol. The van der Waals surface area contributed by atoms with E-state index in [2.05, 4.69) is 142 Å². The maximum Gasteiger partial charge on any atom is 0.258 e. The van der Waals surface area contributed by atoms with Crippen LogP contribution in [0.5, 0.6) is 11.5 Å². The molecule has 0 fully saturated rings. The van der Waals surface area contributed by atoms with Crippen molar-refractivity contribution >= 4 is 41.1 Å². The Hall–Kier alpha value is -4.87. The van der Waals surface area contributed by atoms with Crippen LogP contribution < -0.4 is 20.4 Å². The summed E-state index contributed by atoms with van der Waals surface area (Å²) in [6.07, 6.45) is 1.92. The number of fused-ring (bicyclic) bond motifs is 9. The lowest BCUT2D eigenvalue weighted by Crippen LogP contribution is -2.43. The number of pyridine rings is 1. The predicted molar refractivity (Wildman–Crippen MR) is 188 cm³/mol. The fraction of sp³-hybridized carbons (Fsp3) is 0.175. The lowest BCUT2D eigenvalue weighted by Gasteiger charge is -2.49. The van der Waals surface area contributed by atoms with Gasteiger partial charge in [-0.05, 0) is 72.3 Å². The van der Waals surface area contributed by atoms with Gasteiger partial charge in [-0.1, -0.05) is 97.1 Å². The van der Waals surface area contributed by atoms with Gasteiger partial charge in [-0.25, -0.2) is 0 Å². The van der Waals surface area contributed by atoms with E-state index in [9.17, 15) is 4.79 Å². The first-order valence-corrected chi connectivity index (χ1v) is 19.1. The summed E-state index contributed by atoms with van der Waals surface area (Å²) in [5, 5.41) is 3.12. The summed E-state index contributed by atoms with van der Waals surface area (Å²) in [5.74, 6) is 1.76. The minimum absolute atomic E-state index is 0.0108.